The Bertz CT molecular complexity index is 494. The second-order valence-corrected chi connectivity index (χ2v) is 5.86. The molecule has 1 aromatic rings. The zero-order chi connectivity index (χ0) is 12.7. The van der Waals surface area contributed by atoms with Crippen molar-refractivity contribution in [2.45, 2.75) is 18.4 Å². The van der Waals surface area contributed by atoms with E-state index in [0.717, 1.165) is 23.2 Å². The minimum atomic E-state index is -0.264. The van der Waals surface area contributed by atoms with E-state index in [4.69, 9.17) is 0 Å². The molecule has 0 saturated heterocycles. The second kappa shape index (κ2) is 4.56. The predicted molar refractivity (Wildman–Crippen MR) is 73.4 cm³/mol. The Balaban J connectivity index is 2.06. The summed E-state index contributed by atoms with van der Waals surface area (Å²) in [6, 6.07) is 10.2. The Hall–Kier alpha value is -1.06. The molecule has 2 aliphatic carbocycles. The molecular weight excluding hydrogens is 244 g/mol. The van der Waals surface area contributed by atoms with Gasteiger partial charge in [0.1, 0.15) is 6.29 Å². The van der Waals surface area contributed by atoms with Gasteiger partial charge in [-0.25, -0.2) is 0 Å². The summed E-state index contributed by atoms with van der Waals surface area (Å²) in [5.74, 6) is 0.676. The first-order valence-corrected chi connectivity index (χ1v) is 7.46. The smallest absolute Gasteiger partial charge is 0.147 e. The monoisotopic (exact) mass is 260 g/mol. The number of aliphatic hydroxyl groups excluding tert-OH is 1. The minimum Gasteiger partial charge on any atom is -0.393 e. The first kappa shape index (κ1) is 12.0. The first-order valence-electron chi connectivity index (χ1n) is 6.24. The molecule has 3 unspecified atom stereocenters. The molecule has 18 heavy (non-hydrogen) atoms. The van der Waals surface area contributed by atoms with Gasteiger partial charge in [0.2, 0.25) is 0 Å². The number of carbonyl (C=O) groups is 1. The van der Waals surface area contributed by atoms with Gasteiger partial charge in [-0.1, -0.05) is 30.3 Å². The summed E-state index contributed by atoms with van der Waals surface area (Å²) < 4.78 is 0. The Morgan fingerprint density at radius 2 is 2.06 bits per heavy atom. The summed E-state index contributed by atoms with van der Waals surface area (Å²) in [6.07, 6.45) is 3.50. The average molecular weight is 260 g/mol. The lowest BCUT2D eigenvalue weighted by Gasteiger charge is -2.41. The quantitative estimate of drug-likeness (QED) is 0.849. The van der Waals surface area contributed by atoms with Gasteiger partial charge in [0, 0.05) is 17.4 Å². The van der Waals surface area contributed by atoms with Crippen LogP contribution in [-0.4, -0.2) is 23.8 Å². The Morgan fingerprint density at radius 1 is 1.33 bits per heavy atom. The second-order valence-electron chi connectivity index (χ2n) is 5.02. The highest BCUT2D eigenvalue weighted by molar-refractivity contribution is 8.02. The highest BCUT2D eigenvalue weighted by atomic mass is 32.2. The van der Waals surface area contributed by atoms with Gasteiger partial charge in [0.25, 0.3) is 0 Å². The maximum absolute atomic E-state index is 11.3. The van der Waals surface area contributed by atoms with Crippen LogP contribution in [0.1, 0.15) is 17.9 Å². The highest BCUT2D eigenvalue weighted by Gasteiger charge is 2.53. The normalized spacial score (nSPS) is 34.1. The Kier molecular flexibility index (Phi) is 3.04. The molecule has 1 fully saturated rings. The van der Waals surface area contributed by atoms with Crippen LogP contribution in [0.4, 0.5) is 0 Å². The van der Waals surface area contributed by atoms with Gasteiger partial charge in [-0.05, 0) is 29.1 Å². The van der Waals surface area contributed by atoms with Crippen molar-refractivity contribution in [1.29, 1.82) is 0 Å². The summed E-state index contributed by atoms with van der Waals surface area (Å²) >= 11 is 1.65. The van der Waals surface area contributed by atoms with Crippen molar-refractivity contribution in [3.8, 4) is 0 Å². The summed E-state index contributed by atoms with van der Waals surface area (Å²) in [7, 11) is 0. The maximum atomic E-state index is 11.3. The van der Waals surface area contributed by atoms with Crippen molar-refractivity contribution in [2.24, 2.45) is 11.8 Å². The van der Waals surface area contributed by atoms with Crippen LogP contribution in [0, 0.1) is 11.8 Å². The number of fused-ring (bicyclic) bond motifs is 1. The Morgan fingerprint density at radius 3 is 2.61 bits per heavy atom. The first-order chi connectivity index (χ1) is 8.77. The molecule has 0 aliphatic heterocycles. The van der Waals surface area contributed by atoms with E-state index in [1.807, 2.05) is 24.5 Å². The molecule has 1 saturated carbocycles. The largest absolute Gasteiger partial charge is 0.393 e. The molecule has 2 nitrogen and oxygen atoms in total. The molecule has 1 aromatic carbocycles. The van der Waals surface area contributed by atoms with Gasteiger partial charge < -0.3 is 5.11 Å². The Labute approximate surface area is 111 Å². The lowest BCUT2D eigenvalue weighted by molar-refractivity contribution is -0.106. The number of allylic oxidation sites excluding steroid dienone is 2. The molecule has 0 heterocycles. The molecule has 0 radical (unpaired) electrons. The number of aldehydes is 1. The van der Waals surface area contributed by atoms with Crippen LogP contribution in [0.5, 0.6) is 0 Å². The van der Waals surface area contributed by atoms with Crippen LogP contribution >= 0.6 is 11.8 Å². The molecular formula is C15H16O2S. The van der Waals surface area contributed by atoms with E-state index in [1.54, 1.807) is 11.8 Å². The third kappa shape index (κ3) is 1.57. The summed E-state index contributed by atoms with van der Waals surface area (Å²) in [6.45, 7) is 0. The number of carbonyl (C=O) groups excluding carboxylic acids is 1. The van der Waals surface area contributed by atoms with E-state index >= 15 is 0 Å². The average Bonchev–Trinajstić information content (AvgIpc) is 2.67. The molecule has 2 aliphatic rings. The molecule has 3 heteroatoms. The summed E-state index contributed by atoms with van der Waals surface area (Å²) in [5, 5.41) is 10.0. The number of thioether (sulfide) groups is 1. The third-order valence-electron chi connectivity index (χ3n) is 4.26. The van der Waals surface area contributed by atoms with E-state index in [-0.39, 0.29) is 23.9 Å². The van der Waals surface area contributed by atoms with E-state index in [0.29, 0.717) is 0 Å². The lowest BCUT2D eigenvalue weighted by atomic mass is 9.66. The van der Waals surface area contributed by atoms with E-state index in [9.17, 15) is 9.90 Å². The van der Waals surface area contributed by atoms with Crippen molar-refractivity contribution in [3.63, 3.8) is 0 Å². The molecule has 3 rings (SSSR count). The van der Waals surface area contributed by atoms with Gasteiger partial charge in [-0.15, -0.1) is 11.8 Å². The topological polar surface area (TPSA) is 37.3 Å². The van der Waals surface area contributed by atoms with Crippen molar-refractivity contribution >= 4 is 18.0 Å². The zero-order valence-corrected chi connectivity index (χ0v) is 11.1. The molecule has 0 aromatic heterocycles. The van der Waals surface area contributed by atoms with E-state index < -0.39 is 0 Å². The van der Waals surface area contributed by atoms with Crippen molar-refractivity contribution in [2.75, 3.05) is 6.26 Å². The van der Waals surface area contributed by atoms with Gasteiger partial charge in [-0.3, -0.25) is 4.79 Å². The van der Waals surface area contributed by atoms with Gasteiger partial charge >= 0.3 is 0 Å². The van der Waals surface area contributed by atoms with Crippen LogP contribution < -0.4 is 0 Å². The fraction of sp³-hybridized carbons (Fsp3) is 0.400. The molecule has 0 amide bonds. The van der Waals surface area contributed by atoms with E-state index in [1.165, 1.54) is 5.56 Å². The van der Waals surface area contributed by atoms with Crippen molar-refractivity contribution in [3.05, 3.63) is 46.4 Å². The van der Waals surface area contributed by atoms with Crippen LogP contribution in [0.3, 0.4) is 0 Å². The van der Waals surface area contributed by atoms with Gasteiger partial charge in [0.15, 0.2) is 0 Å². The van der Waals surface area contributed by atoms with E-state index in [2.05, 4.69) is 12.1 Å². The number of benzene rings is 1. The summed E-state index contributed by atoms with van der Waals surface area (Å²) in [5.41, 5.74) is 2.14. The molecule has 94 valence electrons. The lowest BCUT2D eigenvalue weighted by Crippen LogP contribution is -2.42. The third-order valence-corrected chi connectivity index (χ3v) is 5.19. The number of hydrogen-bond acceptors (Lipinski definition) is 3. The fourth-order valence-electron chi connectivity index (χ4n) is 3.40. The SMILES string of the molecule is CSC1=C(C=O)C2C[C@H](O)C2C1c1ccccc1. The molecule has 4 atom stereocenters. The van der Waals surface area contributed by atoms with Crippen LogP contribution in [0.2, 0.25) is 0 Å². The standard InChI is InChI=1S/C15H16O2S/c1-18-15-11(8-16)10-7-12(17)14(10)13(15)9-5-3-2-4-6-9/h2-6,8,10,12-14,17H,7H2,1H3/t10?,12-,13?,14?/m0/s1. The van der Waals surface area contributed by atoms with Gasteiger partial charge in [0.05, 0.1) is 6.10 Å². The predicted octanol–water partition coefficient (Wildman–Crippen LogP) is 2.60. The summed E-state index contributed by atoms with van der Waals surface area (Å²) in [4.78, 5) is 12.5. The van der Waals surface area contributed by atoms with Crippen LogP contribution in [0.15, 0.2) is 40.8 Å². The van der Waals surface area contributed by atoms with Crippen LogP contribution in [0.25, 0.3) is 0 Å². The maximum Gasteiger partial charge on any atom is 0.147 e. The minimum absolute atomic E-state index is 0.204. The number of aliphatic hydroxyl groups is 1. The molecule has 1 N–H and O–H groups in total. The van der Waals surface area contributed by atoms with Crippen molar-refractivity contribution in [1.82, 2.24) is 0 Å². The van der Waals surface area contributed by atoms with Gasteiger partial charge in [-0.2, -0.15) is 0 Å². The molecule has 0 bridgehead atoms. The highest BCUT2D eigenvalue weighted by Crippen LogP contribution is 2.59. The number of rotatable bonds is 3. The number of hydrogen-bond donors (Lipinski definition) is 1. The van der Waals surface area contributed by atoms with Crippen molar-refractivity contribution < 1.29 is 9.90 Å². The zero-order valence-electron chi connectivity index (χ0n) is 10.2. The fourth-order valence-corrected chi connectivity index (χ4v) is 4.38. The van der Waals surface area contributed by atoms with Crippen LogP contribution in [-0.2, 0) is 4.79 Å². The molecule has 0 spiro atoms.